The van der Waals surface area contributed by atoms with Gasteiger partial charge < -0.3 is 5.32 Å². The van der Waals surface area contributed by atoms with E-state index in [1.54, 1.807) is 17.6 Å². The lowest BCUT2D eigenvalue weighted by Gasteiger charge is -2.09. The first-order valence-electron chi connectivity index (χ1n) is 6.14. The fourth-order valence-corrected chi connectivity index (χ4v) is 4.77. The van der Waals surface area contributed by atoms with Crippen LogP contribution in [0, 0.1) is 0 Å². The van der Waals surface area contributed by atoms with Crippen molar-refractivity contribution in [2.75, 3.05) is 13.6 Å². The van der Waals surface area contributed by atoms with Gasteiger partial charge in [0.05, 0.1) is 9.90 Å². The Kier molecular flexibility index (Phi) is 5.28. The van der Waals surface area contributed by atoms with E-state index in [0.29, 0.717) is 18.0 Å². The van der Waals surface area contributed by atoms with E-state index in [9.17, 15) is 8.42 Å². The molecular formula is C12H17N3O2S3. The van der Waals surface area contributed by atoms with E-state index >= 15 is 0 Å². The van der Waals surface area contributed by atoms with Crippen molar-refractivity contribution in [1.29, 1.82) is 0 Å². The predicted molar refractivity (Wildman–Crippen MR) is 82.8 cm³/mol. The number of nitrogens with zero attached hydrogens (tertiary/aromatic N) is 1. The summed E-state index contributed by atoms with van der Waals surface area (Å²) in [7, 11) is -1.60. The zero-order valence-electron chi connectivity index (χ0n) is 11.3. The van der Waals surface area contributed by atoms with Crippen LogP contribution in [0.15, 0.2) is 27.9 Å². The molecule has 8 heteroatoms. The number of sulfonamides is 1. The zero-order chi connectivity index (χ0) is 14.6. The Hall–Kier alpha value is -0.800. The van der Waals surface area contributed by atoms with Gasteiger partial charge in [-0.05, 0) is 13.1 Å². The van der Waals surface area contributed by atoms with Gasteiger partial charge in [-0.3, -0.25) is 0 Å². The summed E-state index contributed by atoms with van der Waals surface area (Å²) in [5.74, 6) is 0.0696. The van der Waals surface area contributed by atoms with Crippen LogP contribution in [0.1, 0.15) is 22.7 Å². The molecule has 0 radical (unpaired) electrons. The van der Waals surface area contributed by atoms with Gasteiger partial charge in [-0.15, -0.1) is 22.7 Å². The molecule has 2 aromatic heterocycles. The Balaban J connectivity index is 1.99. The molecule has 1 unspecified atom stereocenters. The number of thiazole rings is 1. The molecule has 5 nitrogen and oxygen atoms in total. The average Bonchev–Trinajstić information content (AvgIpc) is 3.07. The second-order valence-corrected chi connectivity index (χ2v) is 8.09. The Morgan fingerprint density at radius 2 is 2.20 bits per heavy atom. The van der Waals surface area contributed by atoms with Crippen LogP contribution in [0.2, 0.25) is 0 Å². The minimum atomic E-state index is -3.43. The molecule has 0 fully saturated rings. The molecule has 0 aliphatic heterocycles. The van der Waals surface area contributed by atoms with Crippen LogP contribution in [0.3, 0.4) is 0 Å². The maximum atomic E-state index is 12.2. The maximum absolute atomic E-state index is 12.2. The Labute approximate surface area is 127 Å². The third kappa shape index (κ3) is 3.86. The van der Waals surface area contributed by atoms with Crippen LogP contribution < -0.4 is 10.0 Å². The van der Waals surface area contributed by atoms with Crippen LogP contribution in [0.25, 0.3) is 0 Å². The highest BCUT2D eigenvalue weighted by atomic mass is 32.2. The molecule has 0 aromatic carbocycles. The van der Waals surface area contributed by atoms with E-state index in [4.69, 9.17) is 0 Å². The molecular weight excluding hydrogens is 314 g/mol. The summed E-state index contributed by atoms with van der Waals surface area (Å²) >= 11 is 2.98. The van der Waals surface area contributed by atoms with Crippen molar-refractivity contribution in [2.24, 2.45) is 0 Å². The number of nitrogens with one attached hydrogen (secondary N) is 2. The molecule has 2 N–H and O–H groups in total. The number of hydrogen-bond donors (Lipinski definition) is 2. The molecule has 0 spiro atoms. The van der Waals surface area contributed by atoms with Crippen molar-refractivity contribution in [2.45, 2.75) is 24.3 Å². The van der Waals surface area contributed by atoms with E-state index < -0.39 is 10.0 Å². The van der Waals surface area contributed by atoms with Crippen molar-refractivity contribution in [1.82, 2.24) is 15.0 Å². The third-order valence-corrected chi connectivity index (χ3v) is 6.24. The summed E-state index contributed by atoms with van der Waals surface area (Å²) in [6, 6.07) is 1.71. The molecule has 1 atom stereocenters. The normalized spacial score (nSPS) is 13.5. The third-order valence-electron chi connectivity index (χ3n) is 2.74. The smallest absolute Gasteiger partial charge is 0.241 e. The van der Waals surface area contributed by atoms with Crippen LogP contribution in [0.4, 0.5) is 0 Å². The van der Waals surface area contributed by atoms with Crippen molar-refractivity contribution in [3.05, 3.63) is 32.9 Å². The molecule has 0 aliphatic carbocycles. The van der Waals surface area contributed by atoms with Gasteiger partial charge in [-0.25, -0.2) is 18.1 Å². The number of thiophene rings is 1. The lowest BCUT2D eigenvalue weighted by atomic mass is 10.2. The summed E-state index contributed by atoms with van der Waals surface area (Å²) in [5.41, 5.74) is 0. The summed E-state index contributed by atoms with van der Waals surface area (Å²) in [5, 5.41) is 7.51. The van der Waals surface area contributed by atoms with Gasteiger partial charge in [-0.1, -0.05) is 6.92 Å². The minimum Gasteiger partial charge on any atom is -0.315 e. The first kappa shape index (κ1) is 15.6. The second kappa shape index (κ2) is 6.77. The standard InChI is InChI=1S/C12H17N3O2S3/c1-9(12-14-3-4-18-12)6-15-20(16,17)11-5-10(7-13-2)19-8-11/h3-5,8-9,13,15H,6-7H2,1-2H3. The molecule has 0 aliphatic rings. The molecule has 2 heterocycles. The molecule has 0 saturated carbocycles. The molecule has 0 bridgehead atoms. The van der Waals surface area contributed by atoms with Gasteiger partial charge in [-0.2, -0.15) is 0 Å². The molecule has 110 valence electrons. The molecule has 2 aromatic rings. The fourth-order valence-electron chi connectivity index (χ4n) is 1.65. The Morgan fingerprint density at radius 1 is 1.40 bits per heavy atom. The molecule has 20 heavy (non-hydrogen) atoms. The molecule has 2 rings (SSSR count). The largest absolute Gasteiger partial charge is 0.315 e. The van der Waals surface area contributed by atoms with Crippen LogP contribution in [-0.2, 0) is 16.6 Å². The Bertz CT molecular complexity index is 635. The summed E-state index contributed by atoms with van der Waals surface area (Å²) in [4.78, 5) is 5.53. The highest BCUT2D eigenvalue weighted by molar-refractivity contribution is 7.89. The van der Waals surface area contributed by atoms with E-state index in [2.05, 4.69) is 15.0 Å². The average molecular weight is 331 g/mol. The van der Waals surface area contributed by atoms with Crippen LogP contribution in [0.5, 0.6) is 0 Å². The Morgan fingerprint density at radius 3 is 2.85 bits per heavy atom. The number of aromatic nitrogens is 1. The predicted octanol–water partition coefficient (Wildman–Crippen LogP) is 2.01. The van der Waals surface area contributed by atoms with Gasteiger partial charge >= 0.3 is 0 Å². The molecule has 0 amide bonds. The van der Waals surface area contributed by atoms with Crippen molar-refractivity contribution < 1.29 is 8.42 Å². The van der Waals surface area contributed by atoms with E-state index in [1.165, 1.54) is 22.7 Å². The summed E-state index contributed by atoms with van der Waals surface area (Å²) in [6.45, 7) is 2.99. The van der Waals surface area contributed by atoms with Gasteiger partial charge in [0.1, 0.15) is 0 Å². The lowest BCUT2D eigenvalue weighted by Crippen LogP contribution is -2.27. The van der Waals surface area contributed by atoms with Gasteiger partial charge in [0.2, 0.25) is 10.0 Å². The maximum Gasteiger partial charge on any atom is 0.241 e. The lowest BCUT2D eigenvalue weighted by molar-refractivity contribution is 0.575. The van der Waals surface area contributed by atoms with E-state index in [1.807, 2.05) is 19.4 Å². The highest BCUT2D eigenvalue weighted by Gasteiger charge is 2.18. The SMILES string of the molecule is CNCc1cc(S(=O)(=O)NCC(C)c2nccs2)cs1. The quantitative estimate of drug-likeness (QED) is 0.814. The number of rotatable bonds is 7. The number of hydrogen-bond acceptors (Lipinski definition) is 6. The minimum absolute atomic E-state index is 0.0696. The van der Waals surface area contributed by atoms with Gasteiger partial charge in [0.25, 0.3) is 0 Å². The highest BCUT2D eigenvalue weighted by Crippen LogP contribution is 2.21. The van der Waals surface area contributed by atoms with Crippen molar-refractivity contribution in [3.8, 4) is 0 Å². The first-order valence-corrected chi connectivity index (χ1v) is 9.38. The molecule has 0 saturated heterocycles. The van der Waals surface area contributed by atoms with E-state index in [0.717, 1.165) is 9.88 Å². The second-order valence-electron chi connectivity index (χ2n) is 4.40. The topological polar surface area (TPSA) is 71.1 Å². The fraction of sp³-hybridized carbons (Fsp3) is 0.417. The summed E-state index contributed by atoms with van der Waals surface area (Å²) < 4.78 is 27.0. The first-order chi connectivity index (χ1) is 9.53. The van der Waals surface area contributed by atoms with Gasteiger partial charge in [0, 0.05) is 40.8 Å². The zero-order valence-corrected chi connectivity index (χ0v) is 13.7. The van der Waals surface area contributed by atoms with Crippen molar-refractivity contribution >= 4 is 32.7 Å². The van der Waals surface area contributed by atoms with Gasteiger partial charge in [0.15, 0.2) is 0 Å². The van der Waals surface area contributed by atoms with Crippen LogP contribution in [-0.4, -0.2) is 27.0 Å². The van der Waals surface area contributed by atoms with E-state index in [-0.39, 0.29) is 5.92 Å². The summed E-state index contributed by atoms with van der Waals surface area (Å²) in [6.07, 6.45) is 1.73. The monoisotopic (exact) mass is 331 g/mol. The van der Waals surface area contributed by atoms with Crippen molar-refractivity contribution in [3.63, 3.8) is 0 Å². The van der Waals surface area contributed by atoms with Crippen LogP contribution >= 0.6 is 22.7 Å².